The van der Waals surface area contributed by atoms with Gasteiger partial charge in [0.1, 0.15) is 24.2 Å². The van der Waals surface area contributed by atoms with E-state index >= 15 is 0 Å². The molecule has 17 nitrogen and oxygen atoms in total. The number of rotatable bonds is 16. The Labute approximate surface area is 323 Å². The molecule has 4 rings (SSSR count). The number of fused-ring (bicyclic) bond motifs is 1. The lowest BCUT2D eigenvalue weighted by Crippen LogP contribution is -2.63. The molecule has 1 aliphatic heterocycles. The van der Waals surface area contributed by atoms with Gasteiger partial charge in [0.15, 0.2) is 0 Å². The SMILES string of the molecule is CCC[C@H](NC(=O)C1[C@H]2CCC[C@H]2CN1C(=O)[C@@H](NC(=O)[C@@H](NC(=O)[C@H](CNC(=O)OC)NC(=O)OC)C1CCCCC1)C(C)(C)C)C(=O)C(=O)NC1CC1. The van der Waals surface area contributed by atoms with E-state index in [-0.39, 0.29) is 36.8 Å². The van der Waals surface area contributed by atoms with Crippen LogP contribution in [-0.2, 0) is 38.2 Å². The lowest BCUT2D eigenvalue weighted by Gasteiger charge is -2.38. The quantitative estimate of drug-likeness (QED) is 0.124. The van der Waals surface area contributed by atoms with Crippen molar-refractivity contribution in [3.63, 3.8) is 0 Å². The summed E-state index contributed by atoms with van der Waals surface area (Å²) in [6.45, 7) is 7.22. The number of likely N-dealkylation sites (tertiary alicyclic amines) is 1. The molecule has 0 aromatic heterocycles. The summed E-state index contributed by atoms with van der Waals surface area (Å²) < 4.78 is 9.26. The zero-order valence-corrected chi connectivity index (χ0v) is 33.1. The number of hydrogen-bond acceptors (Lipinski definition) is 10. The molecule has 0 bridgehead atoms. The number of amides is 7. The van der Waals surface area contributed by atoms with Crippen molar-refractivity contribution < 1.29 is 47.8 Å². The van der Waals surface area contributed by atoms with Crippen molar-refractivity contribution in [3.05, 3.63) is 0 Å². The summed E-state index contributed by atoms with van der Waals surface area (Å²) in [6, 6.07) is -5.48. The molecule has 4 aliphatic rings. The van der Waals surface area contributed by atoms with Crippen molar-refractivity contribution in [2.45, 2.75) is 141 Å². The zero-order chi connectivity index (χ0) is 40.4. The van der Waals surface area contributed by atoms with Gasteiger partial charge in [0, 0.05) is 12.6 Å². The molecule has 3 saturated carbocycles. The van der Waals surface area contributed by atoms with Gasteiger partial charge in [0.2, 0.25) is 29.4 Å². The molecule has 6 N–H and O–H groups in total. The second kappa shape index (κ2) is 19.4. The lowest BCUT2D eigenvalue weighted by atomic mass is 9.82. The second-order valence-corrected chi connectivity index (χ2v) is 16.5. The predicted octanol–water partition coefficient (Wildman–Crippen LogP) is 1.42. The topological polar surface area (TPSA) is 230 Å². The fourth-order valence-corrected chi connectivity index (χ4v) is 8.16. The van der Waals surface area contributed by atoms with Crippen LogP contribution in [0.25, 0.3) is 0 Å². The van der Waals surface area contributed by atoms with Gasteiger partial charge < -0.3 is 46.3 Å². The Kier molecular flexibility index (Phi) is 15.3. The molecular weight excluding hydrogens is 714 g/mol. The molecule has 1 saturated heterocycles. The van der Waals surface area contributed by atoms with Crippen LogP contribution in [0.5, 0.6) is 0 Å². The molecule has 308 valence electrons. The molecule has 0 spiro atoms. The number of methoxy groups -OCH3 is 2. The van der Waals surface area contributed by atoms with Gasteiger partial charge in [0.05, 0.1) is 26.8 Å². The van der Waals surface area contributed by atoms with Crippen LogP contribution in [0.4, 0.5) is 9.59 Å². The fraction of sp³-hybridized carbons (Fsp3) is 0.789. The van der Waals surface area contributed by atoms with E-state index in [1.165, 1.54) is 4.90 Å². The van der Waals surface area contributed by atoms with Crippen LogP contribution >= 0.6 is 0 Å². The highest BCUT2D eigenvalue weighted by molar-refractivity contribution is 6.38. The third-order valence-electron chi connectivity index (χ3n) is 11.3. The Hall–Kier alpha value is -4.44. The van der Waals surface area contributed by atoms with E-state index in [2.05, 4.69) is 41.4 Å². The van der Waals surface area contributed by atoms with Crippen LogP contribution < -0.4 is 31.9 Å². The Bertz CT molecular complexity index is 1440. The first-order valence-electron chi connectivity index (χ1n) is 19.8. The molecule has 0 aromatic rings. The molecule has 0 radical (unpaired) electrons. The van der Waals surface area contributed by atoms with E-state index < -0.39 is 83.1 Å². The average molecular weight is 776 g/mol. The number of alkyl carbamates (subject to hydrolysis) is 2. The Morgan fingerprint density at radius 2 is 1.42 bits per heavy atom. The van der Waals surface area contributed by atoms with Crippen LogP contribution in [0.1, 0.15) is 105 Å². The summed E-state index contributed by atoms with van der Waals surface area (Å²) in [5.74, 6) is -4.10. The smallest absolute Gasteiger partial charge is 0.407 e. The van der Waals surface area contributed by atoms with E-state index in [0.29, 0.717) is 25.8 Å². The van der Waals surface area contributed by atoms with Crippen molar-refractivity contribution >= 4 is 47.5 Å². The number of hydrogen-bond donors (Lipinski definition) is 6. The van der Waals surface area contributed by atoms with Crippen molar-refractivity contribution in [1.82, 2.24) is 36.8 Å². The van der Waals surface area contributed by atoms with E-state index in [0.717, 1.165) is 65.6 Å². The van der Waals surface area contributed by atoms with Gasteiger partial charge in [0.25, 0.3) is 5.91 Å². The van der Waals surface area contributed by atoms with Gasteiger partial charge >= 0.3 is 12.2 Å². The number of nitrogens with one attached hydrogen (secondary N) is 6. The van der Waals surface area contributed by atoms with Crippen molar-refractivity contribution in [1.29, 1.82) is 0 Å². The summed E-state index contributed by atoms with van der Waals surface area (Å²) in [6.07, 6.45) is 7.01. The second-order valence-electron chi connectivity index (χ2n) is 16.5. The number of ketones is 1. The highest BCUT2D eigenvalue weighted by atomic mass is 16.5. The third-order valence-corrected chi connectivity index (χ3v) is 11.3. The van der Waals surface area contributed by atoms with Gasteiger partial charge in [-0.1, -0.05) is 59.8 Å². The van der Waals surface area contributed by atoms with Crippen molar-refractivity contribution in [2.24, 2.45) is 23.2 Å². The lowest BCUT2D eigenvalue weighted by molar-refractivity contribution is -0.146. The van der Waals surface area contributed by atoms with Gasteiger partial charge in [-0.25, -0.2) is 9.59 Å². The first kappa shape index (κ1) is 43.3. The normalized spacial score (nSPS) is 23.2. The van der Waals surface area contributed by atoms with Gasteiger partial charge in [-0.2, -0.15) is 0 Å². The van der Waals surface area contributed by atoms with Gasteiger partial charge in [-0.15, -0.1) is 0 Å². The molecular formula is C38H61N7O10. The molecule has 55 heavy (non-hydrogen) atoms. The largest absolute Gasteiger partial charge is 0.453 e. The summed E-state index contributed by atoms with van der Waals surface area (Å²) in [7, 11) is 2.28. The highest BCUT2D eigenvalue weighted by Crippen LogP contribution is 2.43. The van der Waals surface area contributed by atoms with E-state index in [9.17, 15) is 38.4 Å². The van der Waals surface area contributed by atoms with Crippen LogP contribution in [0.2, 0.25) is 0 Å². The van der Waals surface area contributed by atoms with E-state index in [1.54, 1.807) is 20.8 Å². The molecule has 7 amide bonds. The monoisotopic (exact) mass is 775 g/mol. The molecule has 3 aliphatic carbocycles. The standard InChI is InChI=1S/C38H61N7O10/c1-7-12-25(29(46)34(50)40-23-17-18-23)41-33(49)28-24-16-11-15-22(24)20-45(28)35(51)30(38(2,3)4)44-32(48)27(21-13-9-8-10-14-21)43-31(47)26(42-37(53)55-6)19-39-36(52)54-5/h21-28,30H,7-20H2,1-6H3,(H,39,52)(H,40,50)(H,41,49)(H,42,53)(H,43,47)(H,44,48)/t22-,24-,25-,26-,27-,28?,30+/m0/s1. The Balaban J connectivity index is 1.57. The van der Waals surface area contributed by atoms with Gasteiger partial charge in [-0.05, 0) is 68.1 Å². The molecule has 0 aromatic carbocycles. The number of carbonyl (C=O) groups excluding carboxylic acids is 8. The molecule has 1 heterocycles. The first-order chi connectivity index (χ1) is 26.1. The zero-order valence-electron chi connectivity index (χ0n) is 33.1. The molecule has 17 heteroatoms. The molecule has 7 atom stereocenters. The highest BCUT2D eigenvalue weighted by Gasteiger charge is 2.52. The van der Waals surface area contributed by atoms with Crippen LogP contribution in [0.15, 0.2) is 0 Å². The number of nitrogens with zero attached hydrogens (tertiary/aromatic N) is 1. The van der Waals surface area contributed by atoms with Crippen LogP contribution in [0, 0.1) is 23.2 Å². The maximum Gasteiger partial charge on any atom is 0.407 e. The summed E-state index contributed by atoms with van der Waals surface area (Å²) in [5, 5.41) is 16.0. The minimum Gasteiger partial charge on any atom is -0.453 e. The van der Waals surface area contributed by atoms with Crippen molar-refractivity contribution in [2.75, 3.05) is 27.3 Å². The third kappa shape index (κ3) is 11.5. The van der Waals surface area contributed by atoms with Crippen LogP contribution in [0.3, 0.4) is 0 Å². The van der Waals surface area contributed by atoms with E-state index in [1.807, 2.05) is 6.92 Å². The minimum absolute atomic E-state index is 0.0197. The average Bonchev–Trinajstić information content (AvgIpc) is 3.72. The van der Waals surface area contributed by atoms with E-state index in [4.69, 9.17) is 0 Å². The molecule has 1 unspecified atom stereocenters. The fourth-order valence-electron chi connectivity index (χ4n) is 8.16. The van der Waals surface area contributed by atoms with Gasteiger partial charge in [-0.3, -0.25) is 28.8 Å². The summed E-state index contributed by atoms with van der Waals surface area (Å²) in [5.41, 5.74) is -0.840. The summed E-state index contributed by atoms with van der Waals surface area (Å²) in [4.78, 5) is 108. The van der Waals surface area contributed by atoms with Crippen LogP contribution in [-0.4, -0.2) is 116 Å². The maximum absolute atomic E-state index is 14.7. The number of ether oxygens (including phenoxy) is 2. The Morgan fingerprint density at radius 1 is 0.745 bits per heavy atom. The summed E-state index contributed by atoms with van der Waals surface area (Å²) >= 11 is 0. The van der Waals surface area contributed by atoms with Crippen molar-refractivity contribution in [3.8, 4) is 0 Å². The first-order valence-corrected chi connectivity index (χ1v) is 19.8. The Morgan fingerprint density at radius 3 is 2.02 bits per heavy atom. The maximum atomic E-state index is 14.7. The number of carbonyl (C=O) groups is 8. The number of Topliss-reactive ketones (excluding diaryl/α,β-unsaturated/α-hetero) is 1. The minimum atomic E-state index is -1.32. The molecule has 4 fully saturated rings. The predicted molar refractivity (Wildman–Crippen MR) is 199 cm³/mol.